The van der Waals surface area contributed by atoms with E-state index < -0.39 is 81.4 Å². The molecule has 0 amide bonds. The summed E-state index contributed by atoms with van der Waals surface area (Å²) in [6, 6.07) is -0.849. The van der Waals surface area contributed by atoms with Gasteiger partial charge in [0.15, 0.2) is 6.29 Å². The van der Waals surface area contributed by atoms with Crippen LogP contribution in [0.4, 0.5) is 0 Å². The molecule has 1 unspecified atom stereocenters. The average Bonchev–Trinajstić information content (AvgIpc) is 3.51. The number of H-pyrrole nitrogens is 1. The first-order valence-corrected chi connectivity index (χ1v) is 19.9. The summed E-state index contributed by atoms with van der Waals surface area (Å²) in [5.41, 5.74) is 8.12. The molecule has 0 bridgehead atoms. The Kier molecular flexibility index (Phi) is 19.4. The predicted molar refractivity (Wildman–Crippen MR) is 187 cm³/mol. The van der Waals surface area contributed by atoms with Crippen LogP contribution in [0.2, 0.25) is 0 Å². The van der Waals surface area contributed by atoms with E-state index in [4.69, 9.17) is 28.6 Å². The molecule has 1 aromatic heterocycles. The maximum atomic E-state index is 13.8. The molecule has 9 atom stereocenters. The number of phosphoric ester groups is 1. The maximum Gasteiger partial charge on any atom is 0.474 e. The topological polar surface area (TPSA) is 248 Å². The van der Waals surface area contributed by atoms with E-state index in [1.165, 1.54) is 77.3 Å². The molecule has 18 heteroatoms. The van der Waals surface area contributed by atoms with Gasteiger partial charge in [0, 0.05) is 23.1 Å². The first-order valence-electron chi connectivity index (χ1n) is 18.4. The summed E-state index contributed by atoms with van der Waals surface area (Å²) in [6.07, 6.45) is 8.61. The number of phosphoric acid groups is 1. The van der Waals surface area contributed by atoms with Crippen LogP contribution in [0.5, 0.6) is 0 Å². The molecular weight excluding hydrogens is 689 g/mol. The highest BCUT2D eigenvalue weighted by Gasteiger charge is 2.45. The zero-order valence-corrected chi connectivity index (χ0v) is 30.8. The number of nitrogens with zero attached hydrogens (tertiary/aromatic N) is 4. The molecule has 17 nitrogen and oxygen atoms in total. The summed E-state index contributed by atoms with van der Waals surface area (Å²) in [5, 5.41) is 43.8. The number of aryl methyl sites for hydroxylation is 1. The number of aromatic nitrogens is 2. The van der Waals surface area contributed by atoms with E-state index >= 15 is 0 Å². The molecule has 0 spiro atoms. The Hall–Kier alpha value is -2.14. The molecule has 5 N–H and O–H groups in total. The third kappa shape index (κ3) is 14.3. The van der Waals surface area contributed by atoms with Gasteiger partial charge in [0.2, 0.25) is 0 Å². The molecule has 0 saturated carbocycles. The number of aromatic amines is 1. The summed E-state index contributed by atoms with van der Waals surface area (Å²) in [5.74, 6) is 0. The number of azide groups is 1. The van der Waals surface area contributed by atoms with E-state index in [0.717, 1.165) is 30.3 Å². The number of hydrogen-bond acceptors (Lipinski definition) is 13. The second kappa shape index (κ2) is 22.8. The van der Waals surface area contributed by atoms with Crippen molar-refractivity contribution in [3.05, 3.63) is 43.0 Å². The van der Waals surface area contributed by atoms with Crippen LogP contribution in [0, 0.1) is 6.92 Å². The molecule has 292 valence electrons. The van der Waals surface area contributed by atoms with Crippen LogP contribution < -0.4 is 11.2 Å². The van der Waals surface area contributed by atoms with Gasteiger partial charge in [-0.3, -0.25) is 27.9 Å². The number of nitrogens with one attached hydrogen (secondary N) is 1. The van der Waals surface area contributed by atoms with Crippen molar-refractivity contribution in [2.24, 2.45) is 5.11 Å². The summed E-state index contributed by atoms with van der Waals surface area (Å²) in [6.45, 7) is 2.67. The van der Waals surface area contributed by atoms with Crippen LogP contribution in [0.1, 0.15) is 121 Å². The van der Waals surface area contributed by atoms with Crippen LogP contribution in [-0.4, -0.2) is 92.6 Å². The van der Waals surface area contributed by atoms with Gasteiger partial charge >= 0.3 is 13.5 Å². The Balaban J connectivity index is 1.50. The van der Waals surface area contributed by atoms with Gasteiger partial charge in [0.05, 0.1) is 32.0 Å². The van der Waals surface area contributed by atoms with E-state index in [2.05, 4.69) is 21.9 Å². The fraction of sp³-hybridized carbons (Fsp3) is 0.879. The van der Waals surface area contributed by atoms with Gasteiger partial charge in [-0.15, -0.1) is 0 Å². The highest BCUT2D eigenvalue weighted by molar-refractivity contribution is 7.48. The quantitative estimate of drug-likeness (QED) is 0.0302. The number of rotatable bonds is 25. The molecule has 0 aromatic carbocycles. The van der Waals surface area contributed by atoms with Gasteiger partial charge < -0.3 is 29.9 Å². The molecule has 1 aromatic rings. The monoisotopic (exact) mass is 747 g/mol. The van der Waals surface area contributed by atoms with Gasteiger partial charge in [-0.1, -0.05) is 102 Å². The van der Waals surface area contributed by atoms with Gasteiger partial charge in [-0.2, -0.15) is 0 Å². The smallest absolute Gasteiger partial charge is 0.387 e. The Bertz CT molecular complexity index is 1370. The van der Waals surface area contributed by atoms with E-state index in [1.807, 2.05) is 0 Å². The molecule has 51 heavy (non-hydrogen) atoms. The van der Waals surface area contributed by atoms with E-state index in [0.29, 0.717) is 6.42 Å². The summed E-state index contributed by atoms with van der Waals surface area (Å²) >= 11 is 0. The zero-order valence-electron chi connectivity index (χ0n) is 29.9. The molecule has 0 aliphatic carbocycles. The summed E-state index contributed by atoms with van der Waals surface area (Å²) in [7, 11) is -4.42. The minimum Gasteiger partial charge on any atom is -0.387 e. The van der Waals surface area contributed by atoms with Crippen LogP contribution in [0.25, 0.3) is 10.4 Å². The average molecular weight is 748 g/mol. The van der Waals surface area contributed by atoms with Crippen molar-refractivity contribution in [2.75, 3.05) is 19.8 Å². The lowest BCUT2D eigenvalue weighted by Crippen LogP contribution is -2.58. The second-order valence-electron chi connectivity index (χ2n) is 13.5. The van der Waals surface area contributed by atoms with Crippen molar-refractivity contribution < 1.29 is 48.0 Å². The first kappa shape index (κ1) is 43.3. The fourth-order valence-electron chi connectivity index (χ4n) is 6.18. The summed E-state index contributed by atoms with van der Waals surface area (Å²) < 4.78 is 42.7. The lowest BCUT2D eigenvalue weighted by atomic mass is 10.00. The Labute approximate surface area is 298 Å². The largest absolute Gasteiger partial charge is 0.474 e. The SMILES string of the molecule is CCCCCCCCCCCCCCCCCOP(=O)(OC[C@H]1O[C@@H](O)[C@@H](O)[C@@H](O)[C@@H]1O)OC[C@H]1O[C@@H](n2cc(C)c(=O)[nH]c2=O)C[C@@H]1N=[N+]=[N-]. The van der Waals surface area contributed by atoms with Crippen LogP contribution >= 0.6 is 7.82 Å². The van der Waals surface area contributed by atoms with Crippen LogP contribution in [-0.2, 0) is 27.6 Å². The van der Waals surface area contributed by atoms with Crippen molar-refractivity contribution in [1.82, 2.24) is 9.55 Å². The lowest BCUT2D eigenvalue weighted by molar-refractivity contribution is -0.285. The highest BCUT2D eigenvalue weighted by Crippen LogP contribution is 2.51. The fourth-order valence-corrected chi connectivity index (χ4v) is 7.42. The Morgan fingerprint density at radius 1 is 0.843 bits per heavy atom. The standard InChI is InChI=1S/C33H58N5O12P/c1-3-4-5-6-7-8-9-10-11-12-13-14-15-16-17-18-46-51(45,48-22-26-28(39)29(40)30(41)32(43)50-26)47-21-25-24(36-37-34)19-27(49-25)38-20-23(2)31(42)35-33(38)44/h20,24-30,32,39-41,43H,3-19,21-22H2,1-2H3,(H,35,42,44)/t24-,25+,26+,27+,28+,29-,30-,32+,51?/m0/s1. The molecule has 3 rings (SSSR count). The van der Waals surface area contributed by atoms with E-state index in [1.54, 1.807) is 0 Å². The van der Waals surface area contributed by atoms with Gasteiger partial charge in [-0.25, -0.2) is 9.36 Å². The molecule has 2 saturated heterocycles. The molecule has 0 radical (unpaired) electrons. The Morgan fingerprint density at radius 2 is 1.39 bits per heavy atom. The minimum absolute atomic E-state index is 0.00749. The van der Waals surface area contributed by atoms with Crippen molar-refractivity contribution in [2.45, 2.75) is 166 Å². The van der Waals surface area contributed by atoms with Crippen molar-refractivity contribution in [3.63, 3.8) is 0 Å². The number of aliphatic hydroxyl groups excluding tert-OH is 4. The highest BCUT2D eigenvalue weighted by atomic mass is 31.2. The number of unbranched alkanes of at least 4 members (excludes halogenated alkanes) is 14. The zero-order chi connectivity index (χ0) is 37.2. The van der Waals surface area contributed by atoms with Crippen LogP contribution in [0.3, 0.4) is 0 Å². The normalized spacial score (nSPS) is 27.6. The number of hydrogen-bond donors (Lipinski definition) is 5. The molecule has 3 heterocycles. The first-order chi connectivity index (χ1) is 24.5. The van der Waals surface area contributed by atoms with Crippen molar-refractivity contribution >= 4 is 7.82 Å². The molecule has 2 aliphatic heterocycles. The van der Waals surface area contributed by atoms with Gasteiger partial charge in [-0.05, 0) is 18.9 Å². The van der Waals surface area contributed by atoms with Gasteiger partial charge in [0.25, 0.3) is 5.56 Å². The molecular formula is C33H58N5O12P. The maximum absolute atomic E-state index is 13.8. The van der Waals surface area contributed by atoms with E-state index in [9.17, 15) is 34.6 Å². The molecule has 2 fully saturated rings. The van der Waals surface area contributed by atoms with Crippen LogP contribution in [0.15, 0.2) is 20.9 Å². The minimum atomic E-state index is -4.42. The second-order valence-corrected chi connectivity index (χ2v) is 15.1. The lowest BCUT2D eigenvalue weighted by Gasteiger charge is -2.38. The number of ether oxygens (including phenoxy) is 2. The van der Waals surface area contributed by atoms with Crippen molar-refractivity contribution in [3.8, 4) is 0 Å². The summed E-state index contributed by atoms with van der Waals surface area (Å²) in [4.78, 5) is 29.3. The third-order valence-corrected chi connectivity index (χ3v) is 10.8. The van der Waals surface area contributed by atoms with E-state index in [-0.39, 0.29) is 18.6 Å². The van der Waals surface area contributed by atoms with Gasteiger partial charge in [0.1, 0.15) is 30.6 Å². The Morgan fingerprint density at radius 3 is 1.96 bits per heavy atom. The third-order valence-electron chi connectivity index (χ3n) is 9.34. The predicted octanol–water partition coefficient (Wildman–Crippen LogP) is 4.64. The van der Waals surface area contributed by atoms with Crippen molar-refractivity contribution in [1.29, 1.82) is 0 Å². The number of aliphatic hydroxyl groups is 4. The molecule has 2 aliphatic rings.